The van der Waals surface area contributed by atoms with E-state index >= 15 is 0 Å². The molecule has 5 heteroatoms. The van der Waals surface area contributed by atoms with Crippen molar-refractivity contribution in [1.82, 2.24) is 4.98 Å². The van der Waals surface area contributed by atoms with Crippen molar-refractivity contribution in [2.24, 2.45) is 0 Å². The van der Waals surface area contributed by atoms with Gasteiger partial charge in [-0.25, -0.2) is 4.98 Å². The first kappa shape index (κ1) is 11.5. The van der Waals surface area contributed by atoms with Crippen LogP contribution < -0.4 is 0 Å². The highest BCUT2D eigenvalue weighted by molar-refractivity contribution is 8.01. The van der Waals surface area contributed by atoms with Crippen LogP contribution in [0.25, 0.3) is 0 Å². The van der Waals surface area contributed by atoms with Crippen molar-refractivity contribution >= 4 is 34.7 Å². The van der Waals surface area contributed by atoms with E-state index in [1.54, 1.807) is 35.2 Å². The first-order chi connectivity index (χ1) is 7.69. The summed E-state index contributed by atoms with van der Waals surface area (Å²) in [7, 11) is 0. The van der Waals surface area contributed by atoms with Gasteiger partial charge in [-0.15, -0.1) is 11.3 Å². The lowest BCUT2D eigenvalue weighted by Crippen LogP contribution is -1.78. The van der Waals surface area contributed by atoms with Gasteiger partial charge in [0, 0.05) is 16.0 Å². The normalized spacial score (nSPS) is 10.1. The molecule has 0 N–H and O–H groups in total. The molecule has 0 unspecified atom stereocenters. The van der Waals surface area contributed by atoms with Crippen LogP contribution >= 0.6 is 34.7 Å². The molecular weight excluding hydrogens is 260 g/mol. The fourth-order valence-electron chi connectivity index (χ4n) is 1.13. The maximum atomic E-state index is 8.75. The number of hydrogen-bond acceptors (Lipinski definition) is 4. The van der Waals surface area contributed by atoms with Crippen molar-refractivity contribution in [2.45, 2.75) is 16.2 Å². The minimum absolute atomic E-state index is 0.487. The van der Waals surface area contributed by atoms with Gasteiger partial charge in [0.05, 0.1) is 10.6 Å². The molecule has 80 valence electrons. The number of nitriles is 1. The number of halogens is 1. The van der Waals surface area contributed by atoms with E-state index in [2.05, 4.69) is 4.98 Å². The second kappa shape index (κ2) is 4.88. The van der Waals surface area contributed by atoms with Crippen molar-refractivity contribution in [3.05, 3.63) is 39.9 Å². The lowest BCUT2D eigenvalue weighted by atomic mass is 10.2. The van der Waals surface area contributed by atoms with E-state index in [0.29, 0.717) is 10.6 Å². The number of nitrogens with zero attached hydrogens (tertiary/aromatic N) is 2. The summed E-state index contributed by atoms with van der Waals surface area (Å²) in [4.78, 5) is 5.35. The van der Waals surface area contributed by atoms with E-state index in [1.807, 2.05) is 24.4 Å². The Morgan fingerprint density at radius 3 is 2.88 bits per heavy atom. The number of hydrogen-bond donors (Lipinski definition) is 0. The Kier molecular flexibility index (Phi) is 3.49. The summed E-state index contributed by atoms with van der Waals surface area (Å²) in [5.74, 6) is 0. The van der Waals surface area contributed by atoms with Gasteiger partial charge < -0.3 is 0 Å². The van der Waals surface area contributed by atoms with Crippen molar-refractivity contribution in [2.75, 3.05) is 0 Å². The molecule has 0 aliphatic carbocycles. The third-order valence-electron chi connectivity index (χ3n) is 1.86. The Morgan fingerprint density at radius 2 is 2.31 bits per heavy atom. The van der Waals surface area contributed by atoms with Crippen LogP contribution in [-0.4, -0.2) is 4.98 Å². The molecule has 0 saturated heterocycles. The third-order valence-corrected chi connectivity index (χ3v) is 4.22. The van der Waals surface area contributed by atoms with Crippen LogP contribution in [0.4, 0.5) is 0 Å². The highest BCUT2D eigenvalue weighted by Gasteiger charge is 2.05. The van der Waals surface area contributed by atoms with Crippen molar-refractivity contribution < 1.29 is 0 Å². The van der Waals surface area contributed by atoms with Crippen LogP contribution in [0.15, 0.2) is 32.8 Å². The fourth-order valence-corrected chi connectivity index (χ4v) is 3.27. The number of benzene rings is 1. The summed E-state index contributed by atoms with van der Waals surface area (Å²) >= 11 is 9.11. The van der Waals surface area contributed by atoms with E-state index in [9.17, 15) is 0 Å². The SMILES string of the molecule is Cc1csc(Sc2ccc(C#N)c(Cl)c2)n1. The molecule has 1 aromatic heterocycles. The lowest BCUT2D eigenvalue weighted by Gasteiger charge is -1.99. The molecule has 1 aromatic carbocycles. The number of thiazole rings is 1. The second-order valence-corrected chi connectivity index (χ2v) is 5.70. The van der Waals surface area contributed by atoms with Gasteiger partial charge in [0.2, 0.25) is 0 Å². The minimum Gasteiger partial charge on any atom is -0.235 e. The zero-order chi connectivity index (χ0) is 11.5. The van der Waals surface area contributed by atoms with Crippen LogP contribution in [0.5, 0.6) is 0 Å². The fraction of sp³-hybridized carbons (Fsp3) is 0.0909. The minimum atomic E-state index is 0.487. The predicted octanol–water partition coefficient (Wildman–Crippen LogP) is 4.13. The van der Waals surface area contributed by atoms with Gasteiger partial charge in [-0.1, -0.05) is 23.4 Å². The molecule has 0 bridgehead atoms. The Morgan fingerprint density at radius 1 is 1.50 bits per heavy atom. The maximum Gasteiger partial charge on any atom is 0.154 e. The van der Waals surface area contributed by atoms with E-state index < -0.39 is 0 Å². The zero-order valence-electron chi connectivity index (χ0n) is 8.40. The molecule has 2 nitrogen and oxygen atoms in total. The predicted molar refractivity (Wildman–Crippen MR) is 67.1 cm³/mol. The molecular formula is C11H7ClN2S2. The Bertz CT molecular complexity index is 557. The summed E-state index contributed by atoms with van der Waals surface area (Å²) < 4.78 is 0.985. The van der Waals surface area contributed by atoms with Crippen LogP contribution in [0.3, 0.4) is 0 Å². The van der Waals surface area contributed by atoms with E-state index in [0.717, 1.165) is 14.9 Å². The smallest absolute Gasteiger partial charge is 0.154 e. The molecule has 0 aliphatic heterocycles. The lowest BCUT2D eigenvalue weighted by molar-refractivity contribution is 1.16. The molecule has 2 aromatic rings. The molecule has 0 amide bonds. The van der Waals surface area contributed by atoms with Crippen LogP contribution in [0.2, 0.25) is 5.02 Å². The molecule has 1 heterocycles. The van der Waals surface area contributed by atoms with Crippen LogP contribution in [0.1, 0.15) is 11.3 Å². The largest absolute Gasteiger partial charge is 0.235 e. The highest BCUT2D eigenvalue weighted by atomic mass is 35.5. The van der Waals surface area contributed by atoms with Crippen molar-refractivity contribution in [3.63, 3.8) is 0 Å². The monoisotopic (exact) mass is 266 g/mol. The first-order valence-electron chi connectivity index (χ1n) is 4.48. The van der Waals surface area contributed by atoms with E-state index in [4.69, 9.17) is 16.9 Å². The number of aromatic nitrogens is 1. The molecule has 0 fully saturated rings. The quantitative estimate of drug-likeness (QED) is 0.820. The zero-order valence-corrected chi connectivity index (χ0v) is 10.8. The summed E-state index contributed by atoms with van der Waals surface area (Å²) in [6.07, 6.45) is 0. The Labute approximate surface area is 107 Å². The molecule has 0 saturated carbocycles. The first-order valence-corrected chi connectivity index (χ1v) is 6.56. The van der Waals surface area contributed by atoms with Gasteiger partial charge in [-0.05, 0) is 25.1 Å². The van der Waals surface area contributed by atoms with Crippen molar-refractivity contribution in [1.29, 1.82) is 5.26 Å². The van der Waals surface area contributed by atoms with Gasteiger partial charge >= 0.3 is 0 Å². The summed E-state index contributed by atoms with van der Waals surface area (Å²) in [6, 6.07) is 7.44. The second-order valence-electron chi connectivity index (χ2n) is 3.11. The number of aryl methyl sites for hydroxylation is 1. The standard InChI is InChI=1S/C11H7ClN2S2/c1-7-6-15-11(14-7)16-9-3-2-8(5-13)10(12)4-9/h2-4,6H,1H3. The van der Waals surface area contributed by atoms with E-state index in [1.165, 1.54) is 0 Å². The average molecular weight is 267 g/mol. The molecule has 0 spiro atoms. The average Bonchev–Trinajstić information content (AvgIpc) is 2.64. The van der Waals surface area contributed by atoms with Gasteiger partial charge in [0.15, 0.2) is 4.34 Å². The topological polar surface area (TPSA) is 36.7 Å². The highest BCUT2D eigenvalue weighted by Crippen LogP contribution is 2.32. The molecule has 0 radical (unpaired) electrons. The van der Waals surface area contributed by atoms with Gasteiger partial charge in [0.1, 0.15) is 6.07 Å². The molecule has 0 aliphatic rings. The van der Waals surface area contributed by atoms with Gasteiger partial charge in [0.25, 0.3) is 0 Å². The van der Waals surface area contributed by atoms with Gasteiger partial charge in [-0.3, -0.25) is 0 Å². The Balaban J connectivity index is 2.23. The summed E-state index contributed by atoms with van der Waals surface area (Å²) in [5, 5.41) is 11.2. The maximum absolute atomic E-state index is 8.75. The summed E-state index contributed by atoms with van der Waals surface area (Å²) in [6.45, 7) is 1.96. The molecule has 16 heavy (non-hydrogen) atoms. The molecule has 0 atom stereocenters. The Hall–Kier alpha value is -1.02. The van der Waals surface area contributed by atoms with E-state index in [-0.39, 0.29) is 0 Å². The van der Waals surface area contributed by atoms with Crippen LogP contribution in [0, 0.1) is 18.3 Å². The molecule has 2 rings (SSSR count). The third kappa shape index (κ3) is 2.56. The van der Waals surface area contributed by atoms with Crippen LogP contribution in [-0.2, 0) is 0 Å². The van der Waals surface area contributed by atoms with Gasteiger partial charge in [-0.2, -0.15) is 5.26 Å². The summed E-state index contributed by atoms with van der Waals surface area (Å²) in [5.41, 5.74) is 1.52. The number of rotatable bonds is 2. The van der Waals surface area contributed by atoms with Crippen molar-refractivity contribution in [3.8, 4) is 6.07 Å².